The van der Waals surface area contributed by atoms with Gasteiger partial charge in [0.1, 0.15) is 0 Å². The summed E-state index contributed by atoms with van der Waals surface area (Å²) in [5.74, 6) is 0. The van der Waals surface area contributed by atoms with Gasteiger partial charge >= 0.3 is 0 Å². The zero-order valence-electron chi connectivity index (χ0n) is 11.4. The molecule has 0 aromatic heterocycles. The molecule has 0 saturated carbocycles. The van der Waals surface area contributed by atoms with Gasteiger partial charge in [-0.3, -0.25) is 0 Å². The van der Waals surface area contributed by atoms with Crippen LogP contribution in [0.4, 0.5) is 0 Å². The SMILES string of the molecule is CCCC1=C(CCC)C(C(C)(N)CC)=CC1. The van der Waals surface area contributed by atoms with Crippen molar-refractivity contribution in [1.29, 1.82) is 0 Å². The van der Waals surface area contributed by atoms with E-state index in [1.807, 2.05) is 0 Å². The lowest BCUT2D eigenvalue weighted by Crippen LogP contribution is -2.37. The van der Waals surface area contributed by atoms with E-state index >= 15 is 0 Å². The second-order valence-corrected chi connectivity index (χ2v) is 5.18. The van der Waals surface area contributed by atoms with E-state index in [1.54, 1.807) is 11.1 Å². The average Bonchev–Trinajstić information content (AvgIpc) is 2.64. The van der Waals surface area contributed by atoms with Crippen LogP contribution in [-0.4, -0.2) is 5.54 Å². The lowest BCUT2D eigenvalue weighted by atomic mass is 9.84. The summed E-state index contributed by atoms with van der Waals surface area (Å²) in [6.45, 7) is 8.87. The normalized spacial score (nSPS) is 19.9. The van der Waals surface area contributed by atoms with Crippen molar-refractivity contribution in [2.75, 3.05) is 0 Å². The highest BCUT2D eigenvalue weighted by molar-refractivity contribution is 5.48. The number of rotatable bonds is 6. The quantitative estimate of drug-likeness (QED) is 0.709. The predicted octanol–water partition coefficient (Wildman–Crippen LogP) is 4.34. The van der Waals surface area contributed by atoms with Crippen LogP contribution in [0.2, 0.25) is 0 Å². The number of hydrogen-bond donors (Lipinski definition) is 1. The first-order valence-corrected chi connectivity index (χ1v) is 6.77. The van der Waals surface area contributed by atoms with E-state index < -0.39 is 0 Å². The molecule has 1 nitrogen and oxygen atoms in total. The zero-order chi connectivity index (χ0) is 12.2. The summed E-state index contributed by atoms with van der Waals surface area (Å²) in [6, 6.07) is 0. The summed E-state index contributed by atoms with van der Waals surface area (Å²) in [6.07, 6.45) is 9.45. The Kier molecular flexibility index (Phi) is 4.79. The van der Waals surface area contributed by atoms with Crippen molar-refractivity contribution < 1.29 is 0 Å². The Bertz CT molecular complexity index is 295. The van der Waals surface area contributed by atoms with Gasteiger partial charge < -0.3 is 5.73 Å². The lowest BCUT2D eigenvalue weighted by Gasteiger charge is -2.27. The smallest absolute Gasteiger partial charge is 0.0378 e. The van der Waals surface area contributed by atoms with Gasteiger partial charge in [0.25, 0.3) is 0 Å². The maximum absolute atomic E-state index is 6.40. The van der Waals surface area contributed by atoms with Crippen molar-refractivity contribution in [3.63, 3.8) is 0 Å². The molecule has 1 unspecified atom stereocenters. The van der Waals surface area contributed by atoms with Crippen molar-refractivity contribution in [3.8, 4) is 0 Å². The molecule has 1 rings (SSSR count). The highest BCUT2D eigenvalue weighted by atomic mass is 14.7. The minimum atomic E-state index is -0.125. The molecule has 92 valence electrons. The van der Waals surface area contributed by atoms with Crippen LogP contribution in [0.3, 0.4) is 0 Å². The predicted molar refractivity (Wildman–Crippen MR) is 72.4 cm³/mol. The maximum atomic E-state index is 6.40. The molecule has 1 aliphatic carbocycles. The van der Waals surface area contributed by atoms with Crippen molar-refractivity contribution >= 4 is 0 Å². The molecule has 0 amide bonds. The molecule has 0 fully saturated rings. The summed E-state index contributed by atoms with van der Waals surface area (Å²) in [5.41, 5.74) is 10.9. The van der Waals surface area contributed by atoms with E-state index in [2.05, 4.69) is 33.8 Å². The van der Waals surface area contributed by atoms with Gasteiger partial charge in [0.05, 0.1) is 0 Å². The summed E-state index contributed by atoms with van der Waals surface area (Å²) < 4.78 is 0. The number of hydrogen-bond acceptors (Lipinski definition) is 1. The Balaban J connectivity index is 2.94. The van der Waals surface area contributed by atoms with Gasteiger partial charge in [-0.2, -0.15) is 0 Å². The summed E-state index contributed by atoms with van der Waals surface area (Å²) >= 11 is 0. The molecular formula is C15H27N. The molecule has 0 spiro atoms. The van der Waals surface area contributed by atoms with Gasteiger partial charge in [-0.05, 0) is 43.8 Å². The molecule has 1 heteroatoms. The topological polar surface area (TPSA) is 26.0 Å². The molecule has 0 saturated heterocycles. The third-order valence-corrected chi connectivity index (χ3v) is 3.71. The average molecular weight is 221 g/mol. The van der Waals surface area contributed by atoms with Gasteiger partial charge in [0, 0.05) is 5.54 Å². The third kappa shape index (κ3) is 2.76. The Hall–Kier alpha value is -0.560. The van der Waals surface area contributed by atoms with Crippen LogP contribution in [0.1, 0.15) is 66.2 Å². The second-order valence-electron chi connectivity index (χ2n) is 5.18. The first-order chi connectivity index (χ1) is 7.56. The highest BCUT2D eigenvalue weighted by Crippen LogP contribution is 2.38. The third-order valence-electron chi connectivity index (χ3n) is 3.71. The lowest BCUT2D eigenvalue weighted by molar-refractivity contribution is 0.532. The van der Waals surface area contributed by atoms with Crippen LogP contribution in [-0.2, 0) is 0 Å². The zero-order valence-corrected chi connectivity index (χ0v) is 11.4. The molecule has 0 radical (unpaired) electrons. The van der Waals surface area contributed by atoms with E-state index in [0.717, 1.165) is 12.8 Å². The molecule has 0 aromatic rings. The maximum Gasteiger partial charge on any atom is 0.0378 e. The molecule has 16 heavy (non-hydrogen) atoms. The number of allylic oxidation sites excluding steroid dienone is 2. The monoisotopic (exact) mass is 221 g/mol. The van der Waals surface area contributed by atoms with Crippen LogP contribution in [0.25, 0.3) is 0 Å². The van der Waals surface area contributed by atoms with Crippen LogP contribution >= 0.6 is 0 Å². The van der Waals surface area contributed by atoms with E-state index in [1.165, 1.54) is 31.3 Å². The van der Waals surface area contributed by atoms with E-state index in [9.17, 15) is 0 Å². The van der Waals surface area contributed by atoms with Gasteiger partial charge in [0.15, 0.2) is 0 Å². The first-order valence-electron chi connectivity index (χ1n) is 6.77. The van der Waals surface area contributed by atoms with Crippen molar-refractivity contribution in [1.82, 2.24) is 0 Å². The fourth-order valence-corrected chi connectivity index (χ4v) is 2.55. The molecule has 0 bridgehead atoms. The van der Waals surface area contributed by atoms with E-state index in [0.29, 0.717) is 0 Å². The molecule has 0 aromatic carbocycles. The summed E-state index contributed by atoms with van der Waals surface area (Å²) in [5, 5.41) is 0. The van der Waals surface area contributed by atoms with Gasteiger partial charge in [-0.25, -0.2) is 0 Å². The molecular weight excluding hydrogens is 194 g/mol. The van der Waals surface area contributed by atoms with Crippen LogP contribution in [0.15, 0.2) is 22.8 Å². The van der Waals surface area contributed by atoms with Crippen molar-refractivity contribution in [2.45, 2.75) is 71.8 Å². The first kappa shape index (κ1) is 13.5. The molecule has 1 aliphatic rings. The van der Waals surface area contributed by atoms with Gasteiger partial charge in [0.2, 0.25) is 0 Å². The number of nitrogens with two attached hydrogens (primary N) is 1. The fraction of sp³-hybridized carbons (Fsp3) is 0.733. The molecule has 0 heterocycles. The van der Waals surface area contributed by atoms with E-state index in [-0.39, 0.29) is 5.54 Å². The Morgan fingerprint density at radius 2 is 1.81 bits per heavy atom. The minimum absolute atomic E-state index is 0.125. The molecule has 1 atom stereocenters. The van der Waals surface area contributed by atoms with Gasteiger partial charge in [-0.15, -0.1) is 0 Å². The second kappa shape index (κ2) is 5.67. The van der Waals surface area contributed by atoms with Crippen LogP contribution < -0.4 is 5.73 Å². The van der Waals surface area contributed by atoms with Crippen molar-refractivity contribution in [3.05, 3.63) is 22.8 Å². The Labute approximate surface area is 101 Å². The fourth-order valence-electron chi connectivity index (χ4n) is 2.55. The largest absolute Gasteiger partial charge is 0.322 e. The molecule has 2 N–H and O–H groups in total. The van der Waals surface area contributed by atoms with Gasteiger partial charge in [-0.1, -0.05) is 45.3 Å². The highest BCUT2D eigenvalue weighted by Gasteiger charge is 2.28. The van der Waals surface area contributed by atoms with Crippen molar-refractivity contribution in [2.24, 2.45) is 5.73 Å². The summed E-state index contributed by atoms with van der Waals surface area (Å²) in [7, 11) is 0. The van der Waals surface area contributed by atoms with Crippen LogP contribution in [0.5, 0.6) is 0 Å². The standard InChI is InChI=1S/C15H27N/c1-5-8-12-10-11-14(13(12)9-6-2)15(4,16)7-3/h11H,5-10,16H2,1-4H3. The molecule has 0 aliphatic heterocycles. The van der Waals surface area contributed by atoms with Crippen LogP contribution in [0, 0.1) is 0 Å². The Morgan fingerprint density at radius 1 is 1.19 bits per heavy atom. The minimum Gasteiger partial charge on any atom is -0.322 e. The Morgan fingerprint density at radius 3 is 2.31 bits per heavy atom. The van der Waals surface area contributed by atoms with E-state index in [4.69, 9.17) is 5.73 Å². The summed E-state index contributed by atoms with van der Waals surface area (Å²) in [4.78, 5) is 0.